The highest BCUT2D eigenvalue weighted by Crippen LogP contribution is 2.24. The predicted octanol–water partition coefficient (Wildman–Crippen LogP) is 2.88. The molecule has 0 bridgehead atoms. The van der Waals surface area contributed by atoms with E-state index in [1.54, 1.807) is 19.6 Å². The molecule has 0 saturated carbocycles. The number of carbonyl (C=O) groups excluding carboxylic acids is 1. The SMILES string of the molecule is COc1ccc(CNC(=O)NCC(c2ccoc2)N2CCSCC2)cc1. The van der Waals surface area contributed by atoms with E-state index in [1.807, 2.05) is 42.1 Å². The second kappa shape index (κ2) is 9.54. The van der Waals surface area contributed by atoms with Gasteiger partial charge in [-0.15, -0.1) is 0 Å². The van der Waals surface area contributed by atoms with Crippen molar-refractivity contribution in [1.82, 2.24) is 15.5 Å². The van der Waals surface area contributed by atoms with Crippen molar-refractivity contribution < 1.29 is 13.9 Å². The smallest absolute Gasteiger partial charge is 0.315 e. The molecule has 1 unspecified atom stereocenters. The zero-order valence-electron chi connectivity index (χ0n) is 14.9. The maximum Gasteiger partial charge on any atom is 0.315 e. The molecule has 1 atom stereocenters. The number of nitrogens with one attached hydrogen (secondary N) is 2. The molecular weight excluding hydrogens is 350 g/mol. The molecule has 1 aliphatic rings. The fraction of sp³-hybridized carbons (Fsp3) is 0.421. The van der Waals surface area contributed by atoms with Crippen LogP contribution in [0.2, 0.25) is 0 Å². The number of hydrogen-bond donors (Lipinski definition) is 2. The van der Waals surface area contributed by atoms with Gasteiger partial charge >= 0.3 is 6.03 Å². The Labute approximate surface area is 158 Å². The van der Waals surface area contributed by atoms with E-state index in [-0.39, 0.29) is 12.1 Å². The Morgan fingerprint density at radius 3 is 2.65 bits per heavy atom. The topological polar surface area (TPSA) is 66.7 Å². The second-order valence-corrected chi connectivity index (χ2v) is 7.36. The number of rotatable bonds is 7. The highest BCUT2D eigenvalue weighted by molar-refractivity contribution is 7.99. The molecule has 2 heterocycles. The molecule has 1 aliphatic heterocycles. The van der Waals surface area contributed by atoms with Crippen LogP contribution < -0.4 is 15.4 Å². The van der Waals surface area contributed by atoms with E-state index in [4.69, 9.17) is 9.15 Å². The maximum atomic E-state index is 12.2. The summed E-state index contributed by atoms with van der Waals surface area (Å²) in [6, 6.07) is 9.61. The van der Waals surface area contributed by atoms with E-state index >= 15 is 0 Å². The van der Waals surface area contributed by atoms with Crippen molar-refractivity contribution in [2.75, 3.05) is 38.2 Å². The molecular formula is C19H25N3O3S. The number of urea groups is 1. The second-order valence-electron chi connectivity index (χ2n) is 6.13. The summed E-state index contributed by atoms with van der Waals surface area (Å²) >= 11 is 1.97. The first-order chi connectivity index (χ1) is 12.8. The van der Waals surface area contributed by atoms with Crippen molar-refractivity contribution in [1.29, 1.82) is 0 Å². The number of amides is 2. The summed E-state index contributed by atoms with van der Waals surface area (Å²) in [7, 11) is 1.64. The number of nitrogens with zero attached hydrogens (tertiary/aromatic N) is 1. The van der Waals surface area contributed by atoms with Gasteiger partial charge in [0.25, 0.3) is 0 Å². The standard InChI is InChI=1S/C19H25N3O3S/c1-24-17-4-2-15(3-5-17)12-20-19(23)21-13-18(16-6-9-25-14-16)22-7-10-26-11-8-22/h2-6,9,14,18H,7-8,10-13H2,1H3,(H2,20,21,23). The molecule has 2 amide bonds. The van der Waals surface area contributed by atoms with E-state index in [0.717, 1.165) is 41.5 Å². The molecule has 140 valence electrons. The lowest BCUT2D eigenvalue weighted by atomic mass is 10.1. The Bertz CT molecular complexity index is 670. The first-order valence-corrected chi connectivity index (χ1v) is 9.90. The molecule has 2 N–H and O–H groups in total. The van der Waals surface area contributed by atoms with Gasteiger partial charge in [0.05, 0.1) is 25.7 Å². The van der Waals surface area contributed by atoms with E-state index in [0.29, 0.717) is 13.1 Å². The quantitative estimate of drug-likeness (QED) is 0.779. The Morgan fingerprint density at radius 1 is 1.23 bits per heavy atom. The van der Waals surface area contributed by atoms with Crippen LogP contribution in [0.15, 0.2) is 47.3 Å². The van der Waals surface area contributed by atoms with Crippen LogP contribution in [0.3, 0.4) is 0 Å². The summed E-state index contributed by atoms with van der Waals surface area (Å²) in [4.78, 5) is 14.6. The van der Waals surface area contributed by atoms with Crippen molar-refractivity contribution in [3.8, 4) is 5.75 Å². The van der Waals surface area contributed by atoms with Gasteiger partial charge in [0.15, 0.2) is 0 Å². The van der Waals surface area contributed by atoms with Crippen LogP contribution in [-0.4, -0.2) is 49.2 Å². The third-order valence-corrected chi connectivity index (χ3v) is 5.42. The summed E-state index contributed by atoms with van der Waals surface area (Å²) < 4.78 is 10.4. The Kier molecular flexibility index (Phi) is 6.85. The minimum atomic E-state index is -0.166. The van der Waals surface area contributed by atoms with Gasteiger partial charge in [0, 0.05) is 43.2 Å². The summed E-state index contributed by atoms with van der Waals surface area (Å²) in [6.45, 7) is 3.08. The third-order valence-electron chi connectivity index (χ3n) is 4.48. The largest absolute Gasteiger partial charge is 0.497 e. The lowest BCUT2D eigenvalue weighted by Crippen LogP contribution is -2.44. The number of carbonyl (C=O) groups is 1. The number of ether oxygens (including phenoxy) is 1. The Morgan fingerprint density at radius 2 is 2.00 bits per heavy atom. The maximum absolute atomic E-state index is 12.2. The minimum absolute atomic E-state index is 0.140. The van der Waals surface area contributed by atoms with Crippen LogP contribution in [0.4, 0.5) is 4.79 Å². The lowest BCUT2D eigenvalue weighted by molar-refractivity contribution is 0.205. The van der Waals surface area contributed by atoms with E-state index in [1.165, 1.54) is 0 Å². The molecule has 0 spiro atoms. The normalized spacial score (nSPS) is 16.0. The molecule has 1 aromatic heterocycles. The molecule has 7 heteroatoms. The molecule has 6 nitrogen and oxygen atoms in total. The van der Waals surface area contributed by atoms with Gasteiger partial charge in [-0.1, -0.05) is 12.1 Å². The first kappa shape index (κ1) is 18.7. The van der Waals surface area contributed by atoms with Gasteiger partial charge in [0.1, 0.15) is 5.75 Å². The molecule has 2 aromatic rings. The minimum Gasteiger partial charge on any atom is -0.497 e. The van der Waals surface area contributed by atoms with E-state index in [9.17, 15) is 4.79 Å². The van der Waals surface area contributed by atoms with Crippen molar-refractivity contribution in [2.24, 2.45) is 0 Å². The number of benzene rings is 1. The molecule has 3 rings (SSSR count). The highest BCUT2D eigenvalue weighted by atomic mass is 32.2. The Balaban J connectivity index is 1.50. The molecule has 1 fully saturated rings. The lowest BCUT2D eigenvalue weighted by Gasteiger charge is -2.33. The average Bonchev–Trinajstić information content (AvgIpc) is 3.22. The zero-order chi connectivity index (χ0) is 18.2. The first-order valence-electron chi connectivity index (χ1n) is 8.75. The van der Waals surface area contributed by atoms with Crippen molar-refractivity contribution in [2.45, 2.75) is 12.6 Å². The highest BCUT2D eigenvalue weighted by Gasteiger charge is 2.23. The third kappa shape index (κ3) is 5.19. The van der Waals surface area contributed by atoms with Gasteiger partial charge in [-0.3, -0.25) is 4.90 Å². The summed E-state index contributed by atoms with van der Waals surface area (Å²) in [6.07, 6.45) is 3.45. The number of thioether (sulfide) groups is 1. The fourth-order valence-electron chi connectivity index (χ4n) is 2.99. The van der Waals surface area contributed by atoms with Crippen LogP contribution in [0, 0.1) is 0 Å². The fourth-order valence-corrected chi connectivity index (χ4v) is 3.92. The van der Waals surface area contributed by atoms with Crippen molar-refractivity contribution in [3.05, 3.63) is 54.0 Å². The molecule has 1 aromatic carbocycles. The number of hydrogen-bond acceptors (Lipinski definition) is 5. The zero-order valence-corrected chi connectivity index (χ0v) is 15.8. The van der Waals surface area contributed by atoms with E-state index in [2.05, 4.69) is 15.5 Å². The van der Waals surface area contributed by atoms with Crippen LogP contribution in [0.1, 0.15) is 17.2 Å². The van der Waals surface area contributed by atoms with Gasteiger partial charge in [-0.05, 0) is 23.8 Å². The van der Waals surface area contributed by atoms with Gasteiger partial charge in [-0.2, -0.15) is 11.8 Å². The molecule has 0 radical (unpaired) electrons. The summed E-state index contributed by atoms with van der Waals surface area (Å²) in [5.41, 5.74) is 2.13. The molecule has 26 heavy (non-hydrogen) atoms. The van der Waals surface area contributed by atoms with Gasteiger partial charge in [0.2, 0.25) is 0 Å². The van der Waals surface area contributed by atoms with E-state index < -0.39 is 0 Å². The summed E-state index contributed by atoms with van der Waals surface area (Å²) in [5.74, 6) is 3.05. The van der Waals surface area contributed by atoms with Crippen LogP contribution >= 0.6 is 11.8 Å². The van der Waals surface area contributed by atoms with Crippen LogP contribution in [0.25, 0.3) is 0 Å². The van der Waals surface area contributed by atoms with Gasteiger partial charge < -0.3 is 19.8 Å². The molecule has 0 aliphatic carbocycles. The van der Waals surface area contributed by atoms with Crippen LogP contribution in [0.5, 0.6) is 5.75 Å². The monoisotopic (exact) mass is 375 g/mol. The summed E-state index contributed by atoms with van der Waals surface area (Å²) in [5, 5.41) is 5.90. The predicted molar refractivity (Wildman–Crippen MR) is 104 cm³/mol. The Hall–Kier alpha value is -2.12. The van der Waals surface area contributed by atoms with Gasteiger partial charge in [-0.25, -0.2) is 4.79 Å². The van der Waals surface area contributed by atoms with Crippen molar-refractivity contribution >= 4 is 17.8 Å². The number of furan rings is 1. The average molecular weight is 375 g/mol. The van der Waals surface area contributed by atoms with Crippen LogP contribution in [-0.2, 0) is 6.54 Å². The number of methoxy groups -OCH3 is 1. The molecule has 1 saturated heterocycles. The van der Waals surface area contributed by atoms with Crippen molar-refractivity contribution in [3.63, 3.8) is 0 Å².